The number of thiophene rings is 1. The molecule has 1 aromatic carbocycles. The zero-order valence-corrected chi connectivity index (χ0v) is 15.4. The highest BCUT2D eigenvalue weighted by atomic mass is 32.2. The van der Waals surface area contributed by atoms with E-state index in [0.29, 0.717) is 22.4 Å². The molecule has 5 nitrogen and oxygen atoms in total. The van der Waals surface area contributed by atoms with E-state index in [9.17, 15) is 4.79 Å². The first-order valence-corrected chi connectivity index (χ1v) is 10.2. The Hall–Kier alpha value is -2.38. The third kappa shape index (κ3) is 2.87. The number of benzene rings is 1. The van der Waals surface area contributed by atoms with E-state index >= 15 is 0 Å². The standard InChI is InChI=1S/C19H14N2O3S2/c22-17-9-13(14-7-11-3-1-4-12(11)8-15(14)23-17)10-26-19-21-20-18(24-19)16-5-2-6-25-16/h2,5-9H,1,3-4,10H2. The van der Waals surface area contributed by atoms with Gasteiger partial charge in [-0.05, 0) is 59.5 Å². The Morgan fingerprint density at radius 3 is 2.85 bits per heavy atom. The van der Waals surface area contributed by atoms with Crippen LogP contribution in [0.5, 0.6) is 0 Å². The molecule has 1 aliphatic carbocycles. The van der Waals surface area contributed by atoms with Crippen LogP contribution >= 0.6 is 23.1 Å². The summed E-state index contributed by atoms with van der Waals surface area (Å²) in [6.45, 7) is 0. The van der Waals surface area contributed by atoms with E-state index in [4.69, 9.17) is 8.83 Å². The van der Waals surface area contributed by atoms with Crippen LogP contribution in [0.3, 0.4) is 0 Å². The molecule has 0 N–H and O–H groups in total. The number of thioether (sulfide) groups is 1. The summed E-state index contributed by atoms with van der Waals surface area (Å²) < 4.78 is 11.1. The third-order valence-electron chi connectivity index (χ3n) is 4.53. The van der Waals surface area contributed by atoms with Crippen molar-refractivity contribution in [3.05, 3.63) is 62.8 Å². The third-order valence-corrected chi connectivity index (χ3v) is 6.26. The predicted octanol–water partition coefficient (Wildman–Crippen LogP) is 4.69. The van der Waals surface area contributed by atoms with E-state index in [2.05, 4.69) is 16.3 Å². The topological polar surface area (TPSA) is 69.1 Å². The molecule has 0 saturated heterocycles. The van der Waals surface area contributed by atoms with Gasteiger partial charge in [-0.15, -0.1) is 21.5 Å². The van der Waals surface area contributed by atoms with Crippen molar-refractivity contribution in [1.82, 2.24) is 10.2 Å². The fraction of sp³-hybridized carbons (Fsp3) is 0.211. The number of aromatic nitrogens is 2. The van der Waals surface area contributed by atoms with Crippen LogP contribution in [0.1, 0.15) is 23.1 Å². The summed E-state index contributed by atoms with van der Waals surface area (Å²) in [5.41, 5.74) is 3.93. The first kappa shape index (κ1) is 15.8. The molecule has 0 radical (unpaired) electrons. The SMILES string of the molecule is O=c1cc(CSc2nnc(-c3cccs3)o2)c2cc3c(cc2o1)CCC3. The number of nitrogens with zero attached hydrogens (tertiary/aromatic N) is 2. The Morgan fingerprint density at radius 1 is 1.12 bits per heavy atom. The van der Waals surface area contributed by atoms with Gasteiger partial charge in [0.05, 0.1) is 4.88 Å². The average molecular weight is 382 g/mol. The summed E-state index contributed by atoms with van der Waals surface area (Å²) in [4.78, 5) is 12.9. The van der Waals surface area contributed by atoms with E-state index in [-0.39, 0.29) is 5.63 Å². The Kier molecular flexibility index (Phi) is 3.90. The maximum Gasteiger partial charge on any atom is 0.336 e. The van der Waals surface area contributed by atoms with Gasteiger partial charge in [-0.2, -0.15) is 0 Å². The van der Waals surface area contributed by atoms with Gasteiger partial charge in [-0.1, -0.05) is 17.8 Å². The van der Waals surface area contributed by atoms with Crippen molar-refractivity contribution in [2.45, 2.75) is 30.2 Å². The van der Waals surface area contributed by atoms with E-state index in [1.54, 1.807) is 17.4 Å². The zero-order chi connectivity index (χ0) is 17.5. The first-order valence-electron chi connectivity index (χ1n) is 8.35. The second-order valence-corrected chi connectivity index (χ2v) is 8.07. The van der Waals surface area contributed by atoms with Crippen LogP contribution in [-0.4, -0.2) is 10.2 Å². The number of hydrogen-bond acceptors (Lipinski definition) is 7. The lowest BCUT2D eigenvalue weighted by Gasteiger charge is -2.07. The molecule has 4 aromatic rings. The molecule has 3 aromatic heterocycles. The first-order chi connectivity index (χ1) is 12.8. The summed E-state index contributed by atoms with van der Waals surface area (Å²) >= 11 is 2.99. The molecule has 0 amide bonds. The molecule has 5 rings (SSSR count). The van der Waals surface area contributed by atoms with Crippen molar-refractivity contribution in [2.24, 2.45) is 0 Å². The van der Waals surface area contributed by atoms with Gasteiger partial charge in [-0.25, -0.2) is 4.79 Å². The van der Waals surface area contributed by atoms with Gasteiger partial charge in [0.15, 0.2) is 0 Å². The highest BCUT2D eigenvalue weighted by Crippen LogP contribution is 2.32. The molecule has 7 heteroatoms. The molecule has 0 aliphatic heterocycles. The van der Waals surface area contributed by atoms with Crippen molar-refractivity contribution in [1.29, 1.82) is 0 Å². The maximum absolute atomic E-state index is 11.9. The summed E-state index contributed by atoms with van der Waals surface area (Å²) in [6.07, 6.45) is 3.31. The van der Waals surface area contributed by atoms with Crippen LogP contribution in [0, 0.1) is 0 Å². The quantitative estimate of drug-likeness (QED) is 0.377. The molecule has 0 atom stereocenters. The molecule has 3 heterocycles. The fourth-order valence-corrected chi connectivity index (χ4v) is 4.72. The average Bonchev–Trinajstić information content (AvgIpc) is 3.37. The van der Waals surface area contributed by atoms with Crippen LogP contribution in [0.25, 0.3) is 21.7 Å². The van der Waals surface area contributed by atoms with Crippen molar-refractivity contribution >= 4 is 34.1 Å². The number of aryl methyl sites for hydroxylation is 2. The lowest BCUT2D eigenvalue weighted by atomic mass is 10.0. The minimum Gasteiger partial charge on any atom is -0.423 e. The molecule has 26 heavy (non-hydrogen) atoms. The van der Waals surface area contributed by atoms with Gasteiger partial charge in [0.1, 0.15) is 5.58 Å². The molecule has 1 aliphatic rings. The molecule has 0 unspecified atom stereocenters. The monoisotopic (exact) mass is 382 g/mol. The lowest BCUT2D eigenvalue weighted by Crippen LogP contribution is -2.01. The Morgan fingerprint density at radius 2 is 2.00 bits per heavy atom. The van der Waals surface area contributed by atoms with Gasteiger partial charge in [-0.3, -0.25) is 0 Å². The summed E-state index contributed by atoms with van der Waals surface area (Å²) in [7, 11) is 0. The second kappa shape index (κ2) is 6.41. The fourth-order valence-electron chi connectivity index (χ4n) is 3.32. The van der Waals surface area contributed by atoms with Crippen LogP contribution in [0.4, 0.5) is 0 Å². The smallest absolute Gasteiger partial charge is 0.336 e. The van der Waals surface area contributed by atoms with Gasteiger partial charge in [0.25, 0.3) is 11.1 Å². The zero-order valence-electron chi connectivity index (χ0n) is 13.7. The molecule has 130 valence electrons. The maximum atomic E-state index is 11.9. The Balaban J connectivity index is 1.45. The number of fused-ring (bicyclic) bond motifs is 2. The van der Waals surface area contributed by atoms with Crippen molar-refractivity contribution in [2.75, 3.05) is 0 Å². The highest BCUT2D eigenvalue weighted by Gasteiger charge is 2.16. The Labute approximate surface area is 157 Å². The van der Waals surface area contributed by atoms with Crippen molar-refractivity contribution in [3.8, 4) is 10.8 Å². The summed E-state index contributed by atoms with van der Waals surface area (Å²) in [5.74, 6) is 1.10. The number of rotatable bonds is 4. The minimum absolute atomic E-state index is 0.323. The molecule has 0 fully saturated rings. The molecular formula is C19H14N2O3S2. The van der Waals surface area contributed by atoms with Crippen molar-refractivity contribution < 1.29 is 8.83 Å². The van der Waals surface area contributed by atoms with E-state index in [0.717, 1.165) is 35.1 Å². The lowest BCUT2D eigenvalue weighted by molar-refractivity contribution is 0.466. The minimum atomic E-state index is -0.323. The Bertz CT molecular complexity index is 1150. The van der Waals surface area contributed by atoms with Gasteiger partial charge in [0.2, 0.25) is 0 Å². The summed E-state index contributed by atoms with van der Waals surface area (Å²) in [6, 6.07) is 9.65. The summed E-state index contributed by atoms with van der Waals surface area (Å²) in [5, 5.41) is 11.7. The van der Waals surface area contributed by atoms with Gasteiger partial charge >= 0.3 is 5.63 Å². The van der Waals surface area contributed by atoms with Gasteiger partial charge in [0, 0.05) is 17.2 Å². The molecule has 0 saturated carbocycles. The predicted molar refractivity (Wildman–Crippen MR) is 102 cm³/mol. The van der Waals surface area contributed by atoms with Crippen molar-refractivity contribution in [3.63, 3.8) is 0 Å². The van der Waals surface area contributed by atoms with E-state index < -0.39 is 0 Å². The van der Waals surface area contributed by atoms with Crippen LogP contribution < -0.4 is 5.63 Å². The largest absolute Gasteiger partial charge is 0.423 e. The van der Waals surface area contributed by atoms with Crippen LogP contribution in [0.2, 0.25) is 0 Å². The van der Waals surface area contributed by atoms with E-state index in [1.807, 2.05) is 23.6 Å². The molecule has 0 bridgehead atoms. The molecular weight excluding hydrogens is 368 g/mol. The second-order valence-electron chi connectivity index (χ2n) is 6.20. The molecule has 0 spiro atoms. The van der Waals surface area contributed by atoms with E-state index in [1.165, 1.54) is 22.9 Å². The normalized spacial score (nSPS) is 13.4. The van der Waals surface area contributed by atoms with Gasteiger partial charge < -0.3 is 8.83 Å². The number of hydrogen-bond donors (Lipinski definition) is 0. The van der Waals surface area contributed by atoms with Crippen LogP contribution in [0.15, 0.2) is 54.6 Å². The van der Waals surface area contributed by atoms with Crippen LogP contribution in [-0.2, 0) is 18.6 Å². The highest BCUT2D eigenvalue weighted by molar-refractivity contribution is 7.98.